The third-order valence-corrected chi connectivity index (χ3v) is 3.90. The summed E-state index contributed by atoms with van der Waals surface area (Å²) < 4.78 is 0. The highest BCUT2D eigenvalue weighted by Crippen LogP contribution is 2.33. The van der Waals surface area contributed by atoms with Gasteiger partial charge in [0.05, 0.1) is 5.56 Å². The van der Waals surface area contributed by atoms with Crippen molar-refractivity contribution in [1.29, 1.82) is 0 Å². The zero-order chi connectivity index (χ0) is 13.0. The second-order valence-electron chi connectivity index (χ2n) is 3.27. The van der Waals surface area contributed by atoms with Crippen molar-refractivity contribution in [3.8, 4) is 0 Å². The summed E-state index contributed by atoms with van der Waals surface area (Å²) in [6.07, 6.45) is 5.12. The van der Waals surface area contributed by atoms with Crippen LogP contribution in [-0.4, -0.2) is 27.3 Å². The average molecular weight is 278 g/mol. The van der Waals surface area contributed by atoms with E-state index in [2.05, 4.69) is 9.97 Å². The molecule has 92 valence electrons. The molecule has 0 aliphatic heterocycles. The molecule has 0 aliphatic carbocycles. The van der Waals surface area contributed by atoms with Crippen LogP contribution in [-0.2, 0) is 0 Å². The number of carbonyl (C=O) groups is 1. The van der Waals surface area contributed by atoms with Gasteiger partial charge in [0.1, 0.15) is 0 Å². The number of aromatic carboxylic acids is 1. The Hall–Kier alpha value is -1.53. The average Bonchev–Trinajstić information content (AvgIpc) is 2.39. The molecule has 0 aliphatic rings. The molecule has 1 N–H and O–H groups in total. The summed E-state index contributed by atoms with van der Waals surface area (Å²) >= 11 is 2.67. The highest BCUT2D eigenvalue weighted by Gasteiger charge is 2.16. The number of nitrogens with zero attached hydrogens (tertiary/aromatic N) is 2. The Morgan fingerprint density at radius 3 is 2.44 bits per heavy atom. The van der Waals surface area contributed by atoms with E-state index in [4.69, 9.17) is 0 Å². The molecule has 0 fully saturated rings. The zero-order valence-electron chi connectivity index (χ0n) is 9.53. The van der Waals surface area contributed by atoms with Gasteiger partial charge in [-0.25, -0.2) is 14.8 Å². The van der Waals surface area contributed by atoms with Gasteiger partial charge >= 0.3 is 5.97 Å². The lowest BCUT2D eigenvalue weighted by molar-refractivity contribution is 0.0689. The van der Waals surface area contributed by atoms with Crippen LogP contribution in [0.1, 0.15) is 10.4 Å². The summed E-state index contributed by atoms with van der Waals surface area (Å²) in [5.41, 5.74) is 0.308. The summed E-state index contributed by atoms with van der Waals surface area (Å²) in [5, 5.41) is 9.83. The second-order valence-corrected chi connectivity index (χ2v) is 5.13. The van der Waals surface area contributed by atoms with Gasteiger partial charge in [0.25, 0.3) is 0 Å². The number of hydrogen-bond donors (Lipinski definition) is 1. The topological polar surface area (TPSA) is 63.1 Å². The van der Waals surface area contributed by atoms with E-state index in [1.54, 1.807) is 30.6 Å². The number of carboxylic acid groups (broad SMARTS) is 1. The summed E-state index contributed by atoms with van der Waals surface area (Å²) in [7, 11) is 0. The van der Waals surface area contributed by atoms with Crippen molar-refractivity contribution in [3.05, 3.63) is 42.2 Å². The maximum atomic E-state index is 11.3. The van der Waals surface area contributed by atoms with Gasteiger partial charge < -0.3 is 5.11 Å². The van der Waals surface area contributed by atoms with Crippen molar-refractivity contribution in [1.82, 2.24) is 9.97 Å². The van der Waals surface area contributed by atoms with E-state index in [1.807, 2.05) is 12.3 Å². The first kappa shape index (κ1) is 12.9. The largest absolute Gasteiger partial charge is 0.478 e. The van der Waals surface area contributed by atoms with Crippen LogP contribution in [0.3, 0.4) is 0 Å². The molecule has 2 rings (SSSR count). The SMILES string of the molecule is CSc1cccc(Sc2ncccn2)c1C(=O)O. The number of hydrogen-bond acceptors (Lipinski definition) is 5. The van der Waals surface area contributed by atoms with Gasteiger partial charge in [0, 0.05) is 22.2 Å². The molecule has 0 bridgehead atoms. The molecule has 0 radical (unpaired) electrons. The first-order valence-corrected chi connectivity index (χ1v) is 7.11. The second kappa shape index (κ2) is 5.88. The van der Waals surface area contributed by atoms with Crippen LogP contribution in [0.2, 0.25) is 0 Å². The highest BCUT2D eigenvalue weighted by molar-refractivity contribution is 7.99. The minimum Gasteiger partial charge on any atom is -0.478 e. The van der Waals surface area contributed by atoms with E-state index in [0.717, 1.165) is 4.90 Å². The molecule has 0 atom stereocenters. The Kier molecular flexibility index (Phi) is 4.22. The molecule has 1 aromatic heterocycles. The van der Waals surface area contributed by atoms with Gasteiger partial charge in [0.2, 0.25) is 0 Å². The van der Waals surface area contributed by atoms with Crippen LogP contribution in [0.25, 0.3) is 0 Å². The van der Waals surface area contributed by atoms with Crippen molar-refractivity contribution in [2.45, 2.75) is 14.9 Å². The lowest BCUT2D eigenvalue weighted by atomic mass is 10.2. The predicted octanol–water partition coefficient (Wildman–Crippen LogP) is 3.05. The molecule has 1 heterocycles. The van der Waals surface area contributed by atoms with Gasteiger partial charge in [-0.05, 0) is 36.2 Å². The summed E-state index contributed by atoms with van der Waals surface area (Å²) in [6.45, 7) is 0. The minimum absolute atomic E-state index is 0.308. The summed E-state index contributed by atoms with van der Waals surface area (Å²) in [4.78, 5) is 20.9. The Morgan fingerprint density at radius 1 is 1.17 bits per heavy atom. The van der Waals surface area contributed by atoms with Gasteiger partial charge in [-0.15, -0.1) is 11.8 Å². The minimum atomic E-state index is -0.932. The number of carboxylic acids is 1. The van der Waals surface area contributed by atoms with Crippen molar-refractivity contribution < 1.29 is 9.90 Å². The maximum absolute atomic E-state index is 11.3. The lowest BCUT2D eigenvalue weighted by Crippen LogP contribution is -2.01. The van der Waals surface area contributed by atoms with Gasteiger partial charge in [-0.2, -0.15) is 0 Å². The van der Waals surface area contributed by atoms with Crippen LogP contribution in [0.15, 0.2) is 51.6 Å². The molecule has 4 nitrogen and oxygen atoms in total. The standard InChI is InChI=1S/C12H10N2O2S2/c1-17-8-4-2-5-9(10(8)11(15)16)18-12-13-6-3-7-14-12/h2-7H,1H3,(H,15,16). The van der Waals surface area contributed by atoms with E-state index < -0.39 is 5.97 Å². The van der Waals surface area contributed by atoms with Crippen LogP contribution in [0.5, 0.6) is 0 Å². The first-order chi connectivity index (χ1) is 8.72. The fraction of sp³-hybridized carbons (Fsp3) is 0.0833. The van der Waals surface area contributed by atoms with Crippen LogP contribution in [0, 0.1) is 0 Å². The summed E-state index contributed by atoms with van der Waals surface area (Å²) in [5.74, 6) is -0.932. The van der Waals surface area contributed by atoms with Crippen LogP contribution in [0.4, 0.5) is 0 Å². The van der Waals surface area contributed by atoms with E-state index in [-0.39, 0.29) is 0 Å². The summed E-state index contributed by atoms with van der Waals surface area (Å²) in [6, 6.07) is 7.12. The Morgan fingerprint density at radius 2 is 1.83 bits per heavy atom. The van der Waals surface area contributed by atoms with E-state index in [1.165, 1.54) is 23.5 Å². The smallest absolute Gasteiger partial charge is 0.337 e. The molecule has 0 saturated heterocycles. The van der Waals surface area contributed by atoms with Crippen LogP contribution < -0.4 is 0 Å². The first-order valence-electron chi connectivity index (χ1n) is 5.07. The number of aromatic nitrogens is 2. The molecule has 1 aromatic carbocycles. The Balaban J connectivity index is 2.42. The number of benzene rings is 1. The molecule has 6 heteroatoms. The molecule has 18 heavy (non-hydrogen) atoms. The molecular weight excluding hydrogens is 268 g/mol. The Labute approximate surface area is 113 Å². The van der Waals surface area contributed by atoms with Gasteiger partial charge in [-0.1, -0.05) is 6.07 Å². The van der Waals surface area contributed by atoms with E-state index >= 15 is 0 Å². The molecule has 0 saturated carbocycles. The third kappa shape index (κ3) is 2.83. The fourth-order valence-electron chi connectivity index (χ4n) is 1.41. The number of thioether (sulfide) groups is 1. The predicted molar refractivity (Wildman–Crippen MR) is 71.3 cm³/mol. The van der Waals surface area contributed by atoms with Crippen molar-refractivity contribution in [3.63, 3.8) is 0 Å². The zero-order valence-corrected chi connectivity index (χ0v) is 11.2. The van der Waals surface area contributed by atoms with Crippen molar-refractivity contribution >= 4 is 29.5 Å². The van der Waals surface area contributed by atoms with E-state index in [0.29, 0.717) is 15.6 Å². The molecule has 2 aromatic rings. The normalized spacial score (nSPS) is 10.3. The van der Waals surface area contributed by atoms with E-state index in [9.17, 15) is 9.90 Å². The Bertz CT molecular complexity index is 561. The monoisotopic (exact) mass is 278 g/mol. The number of rotatable bonds is 4. The molecular formula is C12H10N2O2S2. The maximum Gasteiger partial charge on any atom is 0.337 e. The fourth-order valence-corrected chi connectivity index (χ4v) is 2.96. The molecule has 0 spiro atoms. The molecule has 0 unspecified atom stereocenters. The molecule has 0 amide bonds. The third-order valence-electron chi connectivity index (χ3n) is 2.17. The van der Waals surface area contributed by atoms with Crippen molar-refractivity contribution in [2.75, 3.05) is 6.26 Å². The van der Waals surface area contributed by atoms with Gasteiger partial charge in [-0.3, -0.25) is 0 Å². The quantitative estimate of drug-likeness (QED) is 0.685. The van der Waals surface area contributed by atoms with Crippen molar-refractivity contribution in [2.24, 2.45) is 0 Å². The highest BCUT2D eigenvalue weighted by atomic mass is 32.2. The van der Waals surface area contributed by atoms with Gasteiger partial charge in [0.15, 0.2) is 5.16 Å². The van der Waals surface area contributed by atoms with Crippen LogP contribution >= 0.6 is 23.5 Å². The lowest BCUT2D eigenvalue weighted by Gasteiger charge is -2.08.